The maximum Gasteiger partial charge on any atom is 0.165 e. The van der Waals surface area contributed by atoms with E-state index >= 15 is 4.79 Å². The summed E-state index contributed by atoms with van der Waals surface area (Å²) in [5.41, 5.74) is 3.06. The first-order valence-electron chi connectivity index (χ1n) is 16.3. The molecule has 4 aromatic rings. The molecule has 2 bridgehead atoms. The zero-order valence-electron chi connectivity index (χ0n) is 29.6. The lowest BCUT2D eigenvalue weighted by atomic mass is 9.63. The molecular weight excluding hydrogens is 640 g/mol. The highest BCUT2D eigenvalue weighted by Gasteiger charge is 2.57. The summed E-state index contributed by atoms with van der Waals surface area (Å²) in [4.78, 5) is 15.6. The fraction of sp³-hybridized carbons (Fsp3) is 0.359. The van der Waals surface area contributed by atoms with Gasteiger partial charge in [-0.25, -0.2) is 0 Å². The summed E-state index contributed by atoms with van der Waals surface area (Å²) in [6, 6.07) is 20.5. The molecule has 11 heteroatoms. The van der Waals surface area contributed by atoms with Gasteiger partial charge < -0.3 is 48.5 Å². The molecule has 2 aliphatic rings. The summed E-state index contributed by atoms with van der Waals surface area (Å²) in [5.74, 6) is 3.05. The molecule has 2 saturated heterocycles. The number of Topliss-reactive ketones (excluding diaryl/α,β-unsaturated/α-hetero) is 1. The largest absolute Gasteiger partial charge is 0.493 e. The van der Waals surface area contributed by atoms with Crippen molar-refractivity contribution in [1.82, 2.24) is 10.6 Å². The van der Waals surface area contributed by atoms with Crippen LogP contribution in [0, 0.1) is 11.8 Å². The van der Waals surface area contributed by atoms with Gasteiger partial charge >= 0.3 is 0 Å². The standard InChI is InChI=1S/C39H44N2O9/c1-43-25-17-9-13-21(36(25)47-5)31-29-32(22-14-10-18-26(44-2)37(22)48-6)41-34(24-16-12-20-28(46-4)39(24)50-8)30(35(29)42)33(40-31)23-15-11-19-27(45-3)38(23)49-7/h9-20,29-34,40-41H,1-8H3/t29?,30?,31-,32+,33-,34+. The molecule has 0 aliphatic carbocycles. The maximum absolute atomic E-state index is 15.6. The maximum atomic E-state index is 15.6. The highest BCUT2D eigenvalue weighted by Crippen LogP contribution is 2.57. The quantitative estimate of drug-likeness (QED) is 0.182. The summed E-state index contributed by atoms with van der Waals surface area (Å²) in [7, 11) is 12.8. The van der Waals surface area contributed by atoms with Crippen molar-refractivity contribution in [3.8, 4) is 46.0 Å². The molecule has 0 spiro atoms. The van der Waals surface area contributed by atoms with Gasteiger partial charge in [0.05, 0.1) is 68.7 Å². The average molecular weight is 685 g/mol. The Balaban J connectivity index is 1.66. The highest BCUT2D eigenvalue weighted by atomic mass is 16.5. The molecule has 0 radical (unpaired) electrons. The Hall–Kier alpha value is -5.13. The first-order chi connectivity index (χ1) is 24.4. The minimum absolute atomic E-state index is 0.0250. The predicted octanol–water partition coefficient (Wildman–Crippen LogP) is 6.03. The van der Waals surface area contributed by atoms with Crippen LogP contribution in [-0.4, -0.2) is 62.7 Å². The molecule has 264 valence electrons. The van der Waals surface area contributed by atoms with Gasteiger partial charge in [-0.15, -0.1) is 0 Å². The molecule has 0 aromatic heterocycles. The van der Waals surface area contributed by atoms with Crippen molar-refractivity contribution in [2.45, 2.75) is 24.2 Å². The third-order valence-electron chi connectivity index (χ3n) is 9.89. The Morgan fingerprint density at radius 1 is 0.380 bits per heavy atom. The number of ketones is 1. The Morgan fingerprint density at radius 3 is 0.820 bits per heavy atom. The summed E-state index contributed by atoms with van der Waals surface area (Å²) in [6.07, 6.45) is 0. The van der Waals surface area contributed by atoms with E-state index < -0.39 is 36.0 Å². The van der Waals surface area contributed by atoms with Gasteiger partial charge in [0.1, 0.15) is 5.78 Å². The van der Waals surface area contributed by atoms with Crippen molar-refractivity contribution in [3.63, 3.8) is 0 Å². The third kappa shape index (κ3) is 5.70. The molecule has 4 aromatic carbocycles. The Morgan fingerprint density at radius 2 is 0.620 bits per heavy atom. The number of hydrogen-bond donors (Lipinski definition) is 2. The van der Waals surface area contributed by atoms with Crippen molar-refractivity contribution in [2.75, 3.05) is 56.9 Å². The van der Waals surface area contributed by atoms with Crippen LogP contribution in [0.25, 0.3) is 0 Å². The van der Waals surface area contributed by atoms with Gasteiger partial charge in [0, 0.05) is 46.4 Å². The van der Waals surface area contributed by atoms with E-state index in [1.165, 1.54) is 0 Å². The molecule has 2 N–H and O–H groups in total. The Labute approximate surface area is 292 Å². The summed E-state index contributed by atoms with van der Waals surface area (Å²) in [6.45, 7) is 0. The fourth-order valence-electron chi connectivity index (χ4n) is 7.83. The zero-order chi connectivity index (χ0) is 35.5. The number of ether oxygens (including phenoxy) is 8. The lowest BCUT2D eigenvalue weighted by Gasteiger charge is -2.53. The number of methoxy groups -OCH3 is 8. The summed E-state index contributed by atoms with van der Waals surface area (Å²) < 4.78 is 46.8. The fourth-order valence-corrected chi connectivity index (χ4v) is 7.83. The first kappa shape index (κ1) is 34.7. The van der Waals surface area contributed by atoms with Crippen molar-refractivity contribution >= 4 is 5.78 Å². The van der Waals surface area contributed by atoms with E-state index in [0.29, 0.717) is 46.0 Å². The van der Waals surface area contributed by atoms with Gasteiger partial charge in [0.2, 0.25) is 0 Å². The molecule has 6 rings (SSSR count). The number of carbonyl (C=O) groups is 1. The number of benzene rings is 4. The molecule has 11 nitrogen and oxygen atoms in total. The molecular formula is C39H44N2O9. The van der Waals surface area contributed by atoms with Crippen LogP contribution in [0.15, 0.2) is 72.8 Å². The Bertz CT molecular complexity index is 1590. The van der Waals surface area contributed by atoms with E-state index in [1.54, 1.807) is 56.9 Å². The number of fused-ring (bicyclic) bond motifs is 2. The number of rotatable bonds is 12. The SMILES string of the molecule is COc1cccc([C@H]2N[C@H](c3cccc(OC)c3OC)C3C(=O)C2[C@H](c2cccc(OC)c2OC)N[C@H]3c2cccc(OC)c2OC)c1OC. The van der Waals surface area contributed by atoms with Crippen molar-refractivity contribution in [1.29, 1.82) is 0 Å². The first-order valence-corrected chi connectivity index (χ1v) is 16.3. The molecule has 6 atom stereocenters. The van der Waals surface area contributed by atoms with E-state index in [1.807, 2.05) is 72.8 Å². The van der Waals surface area contributed by atoms with E-state index in [0.717, 1.165) is 22.3 Å². The van der Waals surface area contributed by atoms with Gasteiger partial charge in [-0.1, -0.05) is 48.5 Å². The normalized spacial score (nSPS) is 22.7. The predicted molar refractivity (Wildman–Crippen MR) is 187 cm³/mol. The van der Waals surface area contributed by atoms with E-state index in [-0.39, 0.29) is 5.78 Å². The highest BCUT2D eigenvalue weighted by molar-refractivity contribution is 5.90. The van der Waals surface area contributed by atoms with Crippen LogP contribution >= 0.6 is 0 Å². The van der Waals surface area contributed by atoms with Crippen LogP contribution in [-0.2, 0) is 4.79 Å². The molecule has 0 saturated carbocycles. The smallest absolute Gasteiger partial charge is 0.165 e. The topological polar surface area (TPSA) is 115 Å². The van der Waals surface area contributed by atoms with Crippen molar-refractivity contribution < 1.29 is 42.7 Å². The monoisotopic (exact) mass is 684 g/mol. The molecule has 50 heavy (non-hydrogen) atoms. The van der Waals surface area contributed by atoms with E-state index in [9.17, 15) is 0 Å². The molecule has 2 unspecified atom stereocenters. The second-order valence-corrected chi connectivity index (χ2v) is 12.0. The summed E-state index contributed by atoms with van der Waals surface area (Å²) >= 11 is 0. The van der Waals surface area contributed by atoms with Crippen LogP contribution in [0.2, 0.25) is 0 Å². The van der Waals surface area contributed by atoms with Gasteiger partial charge in [0.15, 0.2) is 46.0 Å². The second kappa shape index (κ2) is 14.8. The molecule has 2 fully saturated rings. The number of piperidine rings is 2. The Kier molecular flexibility index (Phi) is 10.3. The zero-order valence-corrected chi connectivity index (χ0v) is 29.6. The molecule has 2 aliphatic heterocycles. The molecule has 0 amide bonds. The number of para-hydroxylation sites is 4. The van der Waals surface area contributed by atoms with Crippen LogP contribution in [0.1, 0.15) is 46.4 Å². The second-order valence-electron chi connectivity index (χ2n) is 12.0. The van der Waals surface area contributed by atoms with E-state index in [2.05, 4.69) is 10.6 Å². The minimum atomic E-state index is -0.650. The van der Waals surface area contributed by atoms with Gasteiger partial charge in [-0.3, -0.25) is 4.79 Å². The number of hydrogen-bond acceptors (Lipinski definition) is 11. The van der Waals surface area contributed by atoms with Crippen LogP contribution < -0.4 is 48.5 Å². The lowest BCUT2D eigenvalue weighted by Crippen LogP contribution is -2.60. The van der Waals surface area contributed by atoms with Gasteiger partial charge in [-0.05, 0) is 24.3 Å². The third-order valence-corrected chi connectivity index (χ3v) is 9.89. The van der Waals surface area contributed by atoms with Crippen molar-refractivity contribution in [2.24, 2.45) is 11.8 Å². The van der Waals surface area contributed by atoms with Gasteiger partial charge in [-0.2, -0.15) is 0 Å². The summed E-state index contributed by atoms with van der Waals surface area (Å²) in [5, 5.41) is 7.85. The lowest BCUT2D eigenvalue weighted by molar-refractivity contribution is -0.139. The van der Waals surface area contributed by atoms with Crippen LogP contribution in [0.4, 0.5) is 0 Å². The van der Waals surface area contributed by atoms with E-state index in [4.69, 9.17) is 37.9 Å². The number of carbonyl (C=O) groups excluding carboxylic acids is 1. The van der Waals surface area contributed by atoms with Crippen LogP contribution in [0.5, 0.6) is 46.0 Å². The van der Waals surface area contributed by atoms with Gasteiger partial charge in [0.25, 0.3) is 0 Å². The molecule has 2 heterocycles. The number of nitrogens with one attached hydrogen (secondary N) is 2. The minimum Gasteiger partial charge on any atom is -0.493 e. The average Bonchev–Trinajstić information content (AvgIpc) is 3.16. The van der Waals surface area contributed by atoms with Crippen molar-refractivity contribution in [3.05, 3.63) is 95.1 Å². The van der Waals surface area contributed by atoms with Crippen LogP contribution in [0.3, 0.4) is 0 Å².